The van der Waals surface area contributed by atoms with Gasteiger partial charge in [-0.3, -0.25) is 0 Å². The Labute approximate surface area is 88.0 Å². The summed E-state index contributed by atoms with van der Waals surface area (Å²) in [5.74, 6) is 0.392. The van der Waals surface area contributed by atoms with E-state index in [0.717, 1.165) is 5.57 Å². The molecule has 0 bridgehead atoms. The predicted molar refractivity (Wildman–Crippen MR) is 56.0 cm³/mol. The van der Waals surface area contributed by atoms with Gasteiger partial charge >= 0.3 is 5.97 Å². The molecule has 0 aliphatic carbocycles. The zero-order chi connectivity index (χ0) is 10.8. The molecular formula is C12H12O3. The Kier molecular flexibility index (Phi) is 2.46. The van der Waals surface area contributed by atoms with Crippen molar-refractivity contribution < 1.29 is 13.9 Å². The fourth-order valence-corrected chi connectivity index (χ4v) is 1.47. The van der Waals surface area contributed by atoms with Gasteiger partial charge in [0, 0.05) is 12.0 Å². The summed E-state index contributed by atoms with van der Waals surface area (Å²) in [5.41, 5.74) is 1.50. The van der Waals surface area contributed by atoms with E-state index >= 15 is 0 Å². The second-order valence-electron chi connectivity index (χ2n) is 3.63. The minimum absolute atomic E-state index is 0.182. The fraction of sp³-hybridized carbons (Fsp3) is 0.250. The zero-order valence-corrected chi connectivity index (χ0v) is 8.53. The van der Waals surface area contributed by atoms with Crippen molar-refractivity contribution in [1.29, 1.82) is 0 Å². The summed E-state index contributed by atoms with van der Waals surface area (Å²) in [6.07, 6.45) is 3.68. The number of carbonyl (C=O) groups is 1. The Hall–Kier alpha value is -1.77. The van der Waals surface area contributed by atoms with Crippen LogP contribution in [0.1, 0.15) is 19.1 Å². The van der Waals surface area contributed by atoms with Crippen molar-refractivity contribution in [2.45, 2.75) is 19.4 Å². The van der Waals surface area contributed by atoms with Crippen molar-refractivity contribution in [3.8, 4) is 0 Å². The summed E-state index contributed by atoms with van der Waals surface area (Å²) in [4.78, 5) is 11.4. The Morgan fingerprint density at radius 3 is 3.00 bits per heavy atom. The van der Waals surface area contributed by atoms with Crippen LogP contribution in [-0.2, 0) is 9.53 Å². The molecule has 1 atom stereocenters. The molecule has 0 N–H and O–H groups in total. The maximum Gasteiger partial charge on any atom is 0.334 e. The average Bonchev–Trinajstić information content (AvgIpc) is 2.77. The van der Waals surface area contributed by atoms with Crippen LogP contribution in [0, 0.1) is 0 Å². The van der Waals surface area contributed by atoms with Gasteiger partial charge < -0.3 is 9.15 Å². The second kappa shape index (κ2) is 3.77. The normalized spacial score (nSPS) is 23.1. The van der Waals surface area contributed by atoms with Crippen LogP contribution in [0.5, 0.6) is 0 Å². The van der Waals surface area contributed by atoms with E-state index in [1.165, 1.54) is 0 Å². The third kappa shape index (κ3) is 2.01. The summed E-state index contributed by atoms with van der Waals surface area (Å²) in [6.45, 7) is 5.63. The summed E-state index contributed by atoms with van der Waals surface area (Å²) in [7, 11) is 0. The van der Waals surface area contributed by atoms with Crippen molar-refractivity contribution in [1.82, 2.24) is 0 Å². The third-order valence-electron chi connectivity index (χ3n) is 2.33. The van der Waals surface area contributed by atoms with Gasteiger partial charge in [0.25, 0.3) is 0 Å². The molecule has 78 valence electrons. The van der Waals surface area contributed by atoms with E-state index < -0.39 is 0 Å². The number of rotatable bonds is 2. The number of esters is 1. The maximum atomic E-state index is 11.4. The van der Waals surface area contributed by atoms with E-state index in [-0.39, 0.29) is 12.1 Å². The largest absolute Gasteiger partial charge is 0.465 e. The molecule has 0 spiro atoms. The van der Waals surface area contributed by atoms with E-state index in [1.807, 2.05) is 6.92 Å². The highest BCUT2D eigenvalue weighted by Gasteiger charge is 2.29. The minimum Gasteiger partial charge on any atom is -0.465 e. The number of ether oxygens (including phenoxy) is 1. The Bertz CT molecular complexity index is 412. The minimum atomic E-state index is -0.278. The monoisotopic (exact) mass is 204 g/mol. The Morgan fingerprint density at radius 2 is 2.47 bits per heavy atom. The van der Waals surface area contributed by atoms with Gasteiger partial charge in [-0.2, -0.15) is 0 Å². The van der Waals surface area contributed by atoms with E-state index in [4.69, 9.17) is 9.15 Å². The predicted octanol–water partition coefficient (Wildman–Crippen LogP) is 2.55. The van der Waals surface area contributed by atoms with Gasteiger partial charge in [-0.15, -0.1) is 0 Å². The number of cyclic esters (lactones) is 1. The van der Waals surface area contributed by atoms with Crippen LogP contribution >= 0.6 is 0 Å². The van der Waals surface area contributed by atoms with Crippen LogP contribution in [0.2, 0.25) is 0 Å². The first-order valence-electron chi connectivity index (χ1n) is 4.77. The molecule has 3 nitrogen and oxygen atoms in total. The number of furan rings is 1. The van der Waals surface area contributed by atoms with Crippen molar-refractivity contribution in [2.24, 2.45) is 0 Å². The zero-order valence-electron chi connectivity index (χ0n) is 8.53. The smallest absolute Gasteiger partial charge is 0.334 e. The van der Waals surface area contributed by atoms with Crippen LogP contribution in [-0.4, -0.2) is 12.1 Å². The van der Waals surface area contributed by atoms with E-state index in [0.29, 0.717) is 17.8 Å². The Balaban J connectivity index is 2.18. The van der Waals surface area contributed by atoms with Crippen LogP contribution < -0.4 is 0 Å². The lowest BCUT2D eigenvalue weighted by atomic mass is 10.1. The summed E-state index contributed by atoms with van der Waals surface area (Å²) < 4.78 is 10.3. The second-order valence-corrected chi connectivity index (χ2v) is 3.63. The highest BCUT2D eigenvalue weighted by Crippen LogP contribution is 2.26. The van der Waals surface area contributed by atoms with Gasteiger partial charge in [0.15, 0.2) is 0 Å². The highest BCUT2D eigenvalue weighted by molar-refractivity contribution is 5.95. The van der Waals surface area contributed by atoms with Crippen LogP contribution in [0.25, 0.3) is 6.08 Å². The number of carbonyl (C=O) groups excluding carboxylic acids is 1. The molecule has 1 fully saturated rings. The molecule has 2 rings (SSSR count). The first kappa shape index (κ1) is 9.77. The molecule has 15 heavy (non-hydrogen) atoms. The van der Waals surface area contributed by atoms with Crippen molar-refractivity contribution in [3.05, 3.63) is 41.9 Å². The molecule has 0 aromatic carbocycles. The van der Waals surface area contributed by atoms with Gasteiger partial charge in [-0.1, -0.05) is 6.58 Å². The molecule has 0 saturated carbocycles. The lowest BCUT2D eigenvalue weighted by Gasteiger charge is -2.05. The lowest BCUT2D eigenvalue weighted by Crippen LogP contribution is -2.06. The van der Waals surface area contributed by atoms with Crippen molar-refractivity contribution in [2.75, 3.05) is 0 Å². The van der Waals surface area contributed by atoms with E-state index in [9.17, 15) is 4.79 Å². The van der Waals surface area contributed by atoms with Gasteiger partial charge in [-0.05, 0) is 30.7 Å². The first-order valence-corrected chi connectivity index (χ1v) is 4.77. The molecule has 1 aliphatic heterocycles. The standard InChI is InChI=1S/C12H12O3/c1-8(2)11-7-9(12(13)15-11)6-10-4-3-5-14-10/h3-6,11H,1,7H2,2H3/b9-6+. The molecular weight excluding hydrogens is 192 g/mol. The number of hydrogen-bond donors (Lipinski definition) is 0. The first-order chi connectivity index (χ1) is 7.16. The summed E-state index contributed by atoms with van der Waals surface area (Å²) in [6, 6.07) is 3.58. The van der Waals surface area contributed by atoms with Crippen LogP contribution in [0.3, 0.4) is 0 Å². The quantitative estimate of drug-likeness (QED) is 0.422. The van der Waals surface area contributed by atoms with E-state index in [1.54, 1.807) is 24.5 Å². The SMILES string of the molecule is C=C(C)C1C/C(=C\c2ccco2)C(=O)O1. The van der Waals surface area contributed by atoms with Gasteiger partial charge in [0.1, 0.15) is 11.9 Å². The average molecular weight is 204 g/mol. The van der Waals surface area contributed by atoms with Gasteiger partial charge in [-0.25, -0.2) is 4.79 Å². The maximum absolute atomic E-state index is 11.4. The molecule has 3 heteroatoms. The fourth-order valence-electron chi connectivity index (χ4n) is 1.47. The molecule has 0 radical (unpaired) electrons. The molecule has 2 heterocycles. The van der Waals surface area contributed by atoms with Crippen molar-refractivity contribution >= 4 is 12.0 Å². The third-order valence-corrected chi connectivity index (χ3v) is 2.33. The molecule has 1 aromatic rings. The lowest BCUT2D eigenvalue weighted by molar-refractivity contribution is -0.137. The van der Waals surface area contributed by atoms with Crippen LogP contribution in [0.15, 0.2) is 40.5 Å². The summed E-state index contributed by atoms with van der Waals surface area (Å²) in [5, 5.41) is 0. The van der Waals surface area contributed by atoms with E-state index in [2.05, 4.69) is 6.58 Å². The van der Waals surface area contributed by atoms with Crippen LogP contribution in [0.4, 0.5) is 0 Å². The van der Waals surface area contributed by atoms with Crippen molar-refractivity contribution in [3.63, 3.8) is 0 Å². The number of hydrogen-bond acceptors (Lipinski definition) is 3. The molecule has 1 aliphatic rings. The molecule has 1 saturated heterocycles. The highest BCUT2D eigenvalue weighted by atomic mass is 16.5. The van der Waals surface area contributed by atoms with Gasteiger partial charge in [0.05, 0.1) is 6.26 Å². The Morgan fingerprint density at radius 1 is 1.67 bits per heavy atom. The molecule has 1 unspecified atom stereocenters. The molecule has 0 amide bonds. The molecule has 1 aromatic heterocycles. The topological polar surface area (TPSA) is 39.4 Å². The van der Waals surface area contributed by atoms with Gasteiger partial charge in [0.2, 0.25) is 0 Å². The summed E-state index contributed by atoms with van der Waals surface area (Å²) >= 11 is 0.